The summed E-state index contributed by atoms with van der Waals surface area (Å²) in [6.07, 6.45) is 1.26. The Bertz CT molecular complexity index is 576. The first-order valence-electron chi connectivity index (χ1n) is 7.96. The lowest BCUT2D eigenvalue weighted by Crippen LogP contribution is -2.44. The monoisotopic (exact) mass is 323 g/mol. The molecule has 0 atom stereocenters. The van der Waals surface area contributed by atoms with E-state index in [1.54, 1.807) is 17.9 Å². The maximum absolute atomic E-state index is 13.7. The molecule has 0 radical (unpaired) electrons. The molecule has 0 aromatic heterocycles. The van der Waals surface area contributed by atoms with Crippen molar-refractivity contribution >= 4 is 17.5 Å². The van der Waals surface area contributed by atoms with Gasteiger partial charge in [0, 0.05) is 24.7 Å². The Morgan fingerprint density at radius 1 is 1.35 bits per heavy atom. The normalized spacial score (nSPS) is 16.3. The number of likely N-dealkylation sites (tertiary alicyclic amines) is 1. The van der Waals surface area contributed by atoms with E-state index >= 15 is 0 Å². The van der Waals surface area contributed by atoms with Crippen molar-refractivity contribution in [2.75, 3.05) is 24.1 Å². The van der Waals surface area contributed by atoms with Gasteiger partial charge >= 0.3 is 6.09 Å². The summed E-state index contributed by atoms with van der Waals surface area (Å²) in [7, 11) is 0. The first-order chi connectivity index (χ1) is 10.7. The lowest BCUT2D eigenvalue weighted by molar-refractivity contribution is 0.0210. The number of piperidine rings is 1. The number of carbonyl (C=O) groups is 1. The molecular weight excluding hydrogens is 297 g/mol. The molecule has 23 heavy (non-hydrogen) atoms. The van der Waals surface area contributed by atoms with Crippen molar-refractivity contribution in [2.24, 2.45) is 0 Å². The molecule has 0 aliphatic carbocycles. The molecule has 2 rings (SSSR count). The molecule has 1 amide bonds. The number of nitrogens with two attached hydrogens (primary N) is 1. The summed E-state index contributed by atoms with van der Waals surface area (Å²) in [5.74, 6) is -0.270. The Hall–Kier alpha value is -1.98. The number of amides is 1. The molecule has 1 fully saturated rings. The number of nitrogens with zero attached hydrogens (tertiary/aromatic N) is 1. The van der Waals surface area contributed by atoms with E-state index in [1.165, 1.54) is 6.07 Å². The molecule has 1 heterocycles. The molecule has 0 spiro atoms. The van der Waals surface area contributed by atoms with Crippen LogP contribution in [-0.4, -0.2) is 35.7 Å². The zero-order chi connectivity index (χ0) is 17.2. The van der Waals surface area contributed by atoms with E-state index in [-0.39, 0.29) is 18.0 Å². The maximum Gasteiger partial charge on any atom is 0.410 e. The third kappa shape index (κ3) is 4.50. The van der Waals surface area contributed by atoms with E-state index < -0.39 is 5.60 Å². The summed E-state index contributed by atoms with van der Waals surface area (Å²) in [6.45, 7) is 8.50. The van der Waals surface area contributed by atoms with Crippen LogP contribution in [0.4, 0.5) is 20.6 Å². The van der Waals surface area contributed by atoms with Crippen molar-refractivity contribution in [1.29, 1.82) is 0 Å². The summed E-state index contributed by atoms with van der Waals surface area (Å²) in [6, 6.07) is 3.11. The minimum Gasteiger partial charge on any atom is -0.444 e. The Balaban J connectivity index is 1.93. The fourth-order valence-corrected chi connectivity index (χ4v) is 2.64. The third-order valence-electron chi connectivity index (χ3n) is 3.93. The highest BCUT2D eigenvalue weighted by Crippen LogP contribution is 2.28. The van der Waals surface area contributed by atoms with Crippen LogP contribution >= 0.6 is 0 Å². The number of carbonyl (C=O) groups excluding carboxylic acids is 1. The van der Waals surface area contributed by atoms with E-state index in [0.717, 1.165) is 12.8 Å². The number of rotatable bonds is 2. The van der Waals surface area contributed by atoms with Gasteiger partial charge in [0.2, 0.25) is 0 Å². The Kier molecular flexibility index (Phi) is 5.02. The van der Waals surface area contributed by atoms with Crippen LogP contribution < -0.4 is 11.1 Å². The SMILES string of the molecule is Cc1c(F)ccc(N)c1NC1CCN(C(=O)OC(C)(C)C)CC1. The third-order valence-corrected chi connectivity index (χ3v) is 3.93. The standard InChI is InChI=1S/C17H26FN3O2/c1-11-13(18)5-6-14(19)15(11)20-12-7-9-21(10-8-12)16(22)23-17(2,3)4/h5-6,12,20H,7-10,19H2,1-4H3. The molecule has 0 unspecified atom stereocenters. The Morgan fingerprint density at radius 2 is 1.96 bits per heavy atom. The second-order valence-electron chi connectivity index (χ2n) is 7.02. The van der Waals surface area contributed by atoms with Gasteiger partial charge in [-0.05, 0) is 52.7 Å². The Morgan fingerprint density at radius 3 is 2.52 bits per heavy atom. The molecule has 1 aromatic carbocycles. The first kappa shape index (κ1) is 17.4. The molecular formula is C17H26FN3O2. The van der Waals surface area contributed by atoms with Crippen LogP contribution in [0.1, 0.15) is 39.2 Å². The second kappa shape index (κ2) is 6.64. The number of nitrogen functional groups attached to an aromatic ring is 1. The highest BCUT2D eigenvalue weighted by Gasteiger charge is 2.27. The van der Waals surface area contributed by atoms with Crippen LogP contribution in [0.3, 0.4) is 0 Å². The minimum absolute atomic E-state index is 0.163. The predicted octanol–water partition coefficient (Wildman–Crippen LogP) is 3.53. The highest BCUT2D eigenvalue weighted by atomic mass is 19.1. The van der Waals surface area contributed by atoms with Gasteiger partial charge in [-0.2, -0.15) is 0 Å². The zero-order valence-corrected chi connectivity index (χ0v) is 14.3. The van der Waals surface area contributed by atoms with Crippen LogP contribution in [0.5, 0.6) is 0 Å². The van der Waals surface area contributed by atoms with Gasteiger partial charge in [0.15, 0.2) is 0 Å². The van der Waals surface area contributed by atoms with Gasteiger partial charge in [0.25, 0.3) is 0 Å². The molecule has 5 nitrogen and oxygen atoms in total. The number of anilines is 2. The summed E-state index contributed by atoms with van der Waals surface area (Å²) < 4.78 is 19.1. The number of nitrogens with one attached hydrogen (secondary N) is 1. The van der Waals surface area contributed by atoms with Crippen LogP contribution in [0, 0.1) is 12.7 Å². The Labute approximate surface area is 137 Å². The van der Waals surface area contributed by atoms with Crippen molar-refractivity contribution in [3.63, 3.8) is 0 Å². The fourth-order valence-electron chi connectivity index (χ4n) is 2.64. The molecule has 1 aliphatic heterocycles. The molecule has 3 N–H and O–H groups in total. The molecule has 1 saturated heterocycles. The van der Waals surface area contributed by atoms with E-state index in [2.05, 4.69) is 5.32 Å². The van der Waals surface area contributed by atoms with Crippen LogP contribution in [-0.2, 0) is 4.74 Å². The smallest absolute Gasteiger partial charge is 0.410 e. The van der Waals surface area contributed by atoms with Crippen molar-refractivity contribution in [2.45, 2.75) is 52.2 Å². The molecule has 6 heteroatoms. The van der Waals surface area contributed by atoms with Gasteiger partial charge in [0.05, 0.1) is 11.4 Å². The number of ether oxygens (including phenoxy) is 1. The van der Waals surface area contributed by atoms with Crippen molar-refractivity contribution in [3.8, 4) is 0 Å². The molecule has 0 bridgehead atoms. The fraction of sp³-hybridized carbons (Fsp3) is 0.588. The van der Waals surface area contributed by atoms with Crippen LogP contribution in [0.25, 0.3) is 0 Å². The van der Waals surface area contributed by atoms with Gasteiger partial charge in [-0.3, -0.25) is 0 Å². The number of benzene rings is 1. The summed E-state index contributed by atoms with van der Waals surface area (Å²) >= 11 is 0. The van der Waals surface area contributed by atoms with E-state index in [9.17, 15) is 9.18 Å². The van der Waals surface area contributed by atoms with Crippen molar-refractivity contribution in [1.82, 2.24) is 4.90 Å². The summed E-state index contributed by atoms with van der Waals surface area (Å²) in [5.41, 5.74) is 7.17. The maximum atomic E-state index is 13.7. The van der Waals surface area contributed by atoms with Crippen molar-refractivity contribution < 1.29 is 13.9 Å². The summed E-state index contributed by atoms with van der Waals surface area (Å²) in [4.78, 5) is 13.8. The highest BCUT2D eigenvalue weighted by molar-refractivity contribution is 5.71. The lowest BCUT2D eigenvalue weighted by Gasteiger charge is -2.34. The van der Waals surface area contributed by atoms with Gasteiger partial charge in [-0.1, -0.05) is 0 Å². The molecule has 1 aromatic rings. The first-order valence-corrected chi connectivity index (χ1v) is 7.96. The second-order valence-corrected chi connectivity index (χ2v) is 7.02. The molecule has 0 saturated carbocycles. The van der Waals surface area contributed by atoms with E-state index in [1.807, 2.05) is 20.8 Å². The van der Waals surface area contributed by atoms with E-state index in [0.29, 0.717) is 30.0 Å². The van der Waals surface area contributed by atoms with Gasteiger partial charge in [-0.25, -0.2) is 9.18 Å². The van der Waals surface area contributed by atoms with Gasteiger partial charge in [-0.15, -0.1) is 0 Å². The van der Waals surface area contributed by atoms with E-state index in [4.69, 9.17) is 10.5 Å². The predicted molar refractivity (Wildman–Crippen MR) is 90.0 cm³/mol. The molecule has 128 valence electrons. The average molecular weight is 323 g/mol. The quantitative estimate of drug-likeness (QED) is 0.817. The van der Waals surface area contributed by atoms with Crippen molar-refractivity contribution in [3.05, 3.63) is 23.5 Å². The van der Waals surface area contributed by atoms with Crippen LogP contribution in [0.2, 0.25) is 0 Å². The molecule has 1 aliphatic rings. The number of hydrogen-bond acceptors (Lipinski definition) is 4. The zero-order valence-electron chi connectivity index (χ0n) is 14.3. The summed E-state index contributed by atoms with van der Waals surface area (Å²) in [5, 5.41) is 3.32. The minimum atomic E-state index is -0.487. The lowest BCUT2D eigenvalue weighted by atomic mass is 10.0. The number of hydrogen-bond donors (Lipinski definition) is 2. The topological polar surface area (TPSA) is 67.6 Å². The van der Waals surface area contributed by atoms with Gasteiger partial charge in [0.1, 0.15) is 11.4 Å². The van der Waals surface area contributed by atoms with Crippen LogP contribution in [0.15, 0.2) is 12.1 Å². The number of halogens is 1. The average Bonchev–Trinajstić information content (AvgIpc) is 2.46. The largest absolute Gasteiger partial charge is 0.444 e. The van der Waals surface area contributed by atoms with Gasteiger partial charge < -0.3 is 20.7 Å².